The van der Waals surface area contributed by atoms with E-state index in [9.17, 15) is 4.79 Å². The molecule has 0 atom stereocenters. The highest BCUT2D eigenvalue weighted by Gasteiger charge is 2.12. The number of nitrogens with one attached hydrogen (secondary N) is 1. The Hall–Kier alpha value is -1.78. The molecule has 0 unspecified atom stereocenters. The van der Waals surface area contributed by atoms with E-state index in [0.29, 0.717) is 16.9 Å². The fourth-order valence-corrected chi connectivity index (χ4v) is 1.99. The summed E-state index contributed by atoms with van der Waals surface area (Å²) in [6, 6.07) is 6.35. The SMILES string of the molecule is Nc1cc(Cl)c(NC(=O)c2cccnc2)c(Cl)c1. The molecule has 4 nitrogen and oxygen atoms in total. The molecule has 18 heavy (non-hydrogen) atoms. The highest BCUT2D eigenvalue weighted by Crippen LogP contribution is 2.33. The molecule has 0 saturated heterocycles. The number of carbonyl (C=O) groups is 1. The van der Waals surface area contributed by atoms with Gasteiger partial charge in [0.1, 0.15) is 0 Å². The Morgan fingerprint density at radius 3 is 2.50 bits per heavy atom. The third-order valence-electron chi connectivity index (χ3n) is 2.23. The van der Waals surface area contributed by atoms with Crippen LogP contribution in [-0.2, 0) is 0 Å². The minimum atomic E-state index is -0.336. The number of nitrogen functional groups attached to an aromatic ring is 1. The van der Waals surface area contributed by atoms with Crippen molar-refractivity contribution < 1.29 is 4.79 Å². The van der Waals surface area contributed by atoms with Gasteiger partial charge in [0.15, 0.2) is 0 Å². The van der Waals surface area contributed by atoms with Crippen LogP contribution in [0.1, 0.15) is 10.4 Å². The van der Waals surface area contributed by atoms with Gasteiger partial charge in [-0.25, -0.2) is 0 Å². The van der Waals surface area contributed by atoms with Gasteiger partial charge < -0.3 is 11.1 Å². The maximum Gasteiger partial charge on any atom is 0.257 e. The van der Waals surface area contributed by atoms with Crippen molar-refractivity contribution in [1.82, 2.24) is 4.98 Å². The highest BCUT2D eigenvalue weighted by molar-refractivity contribution is 6.40. The molecule has 2 rings (SSSR count). The lowest BCUT2D eigenvalue weighted by atomic mass is 10.2. The van der Waals surface area contributed by atoms with Crippen LogP contribution in [0, 0.1) is 0 Å². The van der Waals surface area contributed by atoms with Crippen molar-refractivity contribution >= 4 is 40.5 Å². The predicted molar refractivity (Wildman–Crippen MR) is 73.1 cm³/mol. The fourth-order valence-electron chi connectivity index (χ4n) is 1.39. The molecule has 0 fully saturated rings. The number of carbonyl (C=O) groups excluding carboxylic acids is 1. The molecule has 0 spiro atoms. The van der Waals surface area contributed by atoms with Crippen molar-refractivity contribution in [2.75, 3.05) is 11.1 Å². The van der Waals surface area contributed by atoms with Crippen LogP contribution in [0.2, 0.25) is 10.0 Å². The van der Waals surface area contributed by atoms with E-state index in [1.165, 1.54) is 18.3 Å². The molecule has 1 heterocycles. The van der Waals surface area contributed by atoms with E-state index >= 15 is 0 Å². The van der Waals surface area contributed by atoms with Crippen molar-refractivity contribution in [2.45, 2.75) is 0 Å². The van der Waals surface area contributed by atoms with Gasteiger partial charge in [-0.2, -0.15) is 0 Å². The summed E-state index contributed by atoms with van der Waals surface area (Å²) in [4.78, 5) is 15.8. The third-order valence-corrected chi connectivity index (χ3v) is 2.82. The zero-order chi connectivity index (χ0) is 13.1. The second-order valence-electron chi connectivity index (χ2n) is 3.56. The molecule has 3 N–H and O–H groups in total. The van der Waals surface area contributed by atoms with Crippen LogP contribution in [-0.4, -0.2) is 10.9 Å². The number of nitrogens with zero attached hydrogens (tertiary/aromatic N) is 1. The molecule has 0 saturated carbocycles. The van der Waals surface area contributed by atoms with Crippen molar-refractivity contribution in [3.05, 3.63) is 52.3 Å². The maximum atomic E-state index is 11.9. The molecule has 6 heteroatoms. The van der Waals surface area contributed by atoms with Gasteiger partial charge in [-0.15, -0.1) is 0 Å². The minimum absolute atomic E-state index is 0.289. The number of pyridine rings is 1. The molecule has 0 aliphatic carbocycles. The average molecular weight is 282 g/mol. The maximum absolute atomic E-state index is 11.9. The molecule has 1 amide bonds. The smallest absolute Gasteiger partial charge is 0.257 e. The summed E-state index contributed by atoms with van der Waals surface area (Å²) >= 11 is 11.9. The number of halogens is 2. The number of aromatic nitrogens is 1. The normalized spacial score (nSPS) is 10.1. The lowest BCUT2D eigenvalue weighted by Crippen LogP contribution is -2.12. The fraction of sp³-hybridized carbons (Fsp3) is 0. The first kappa shape index (κ1) is 12.7. The zero-order valence-corrected chi connectivity index (χ0v) is 10.7. The van der Waals surface area contributed by atoms with E-state index in [1.807, 2.05) is 0 Å². The van der Waals surface area contributed by atoms with Crippen LogP contribution >= 0.6 is 23.2 Å². The van der Waals surface area contributed by atoms with Gasteiger partial charge in [-0.3, -0.25) is 9.78 Å². The summed E-state index contributed by atoms with van der Waals surface area (Å²) in [5.74, 6) is -0.336. The van der Waals surface area contributed by atoms with Crippen LogP contribution < -0.4 is 11.1 Å². The Morgan fingerprint density at radius 1 is 1.28 bits per heavy atom. The summed E-state index contributed by atoms with van der Waals surface area (Å²) in [6.45, 7) is 0. The van der Waals surface area contributed by atoms with Gasteiger partial charge in [0.25, 0.3) is 5.91 Å². The first-order chi connectivity index (χ1) is 8.58. The van der Waals surface area contributed by atoms with E-state index in [1.54, 1.807) is 18.3 Å². The molecule has 92 valence electrons. The number of hydrogen-bond acceptors (Lipinski definition) is 3. The molecule has 0 radical (unpaired) electrons. The van der Waals surface area contributed by atoms with Crippen molar-refractivity contribution in [2.24, 2.45) is 0 Å². The van der Waals surface area contributed by atoms with Crippen LogP contribution in [0.4, 0.5) is 11.4 Å². The lowest BCUT2D eigenvalue weighted by molar-refractivity contribution is 0.102. The Labute approximate surface area is 114 Å². The Kier molecular flexibility index (Phi) is 3.69. The monoisotopic (exact) mass is 281 g/mol. The highest BCUT2D eigenvalue weighted by atomic mass is 35.5. The van der Waals surface area contributed by atoms with Gasteiger partial charge in [0, 0.05) is 18.1 Å². The number of nitrogens with two attached hydrogens (primary N) is 1. The summed E-state index contributed by atoms with van der Waals surface area (Å²) in [6.07, 6.45) is 3.04. The summed E-state index contributed by atoms with van der Waals surface area (Å²) in [5.41, 5.74) is 6.77. The zero-order valence-electron chi connectivity index (χ0n) is 9.15. The minimum Gasteiger partial charge on any atom is -0.399 e. The van der Waals surface area contributed by atoms with Crippen molar-refractivity contribution in [1.29, 1.82) is 0 Å². The molecule has 0 aliphatic rings. The Bertz CT molecular complexity index is 564. The van der Waals surface area contributed by atoms with E-state index in [0.717, 1.165) is 0 Å². The predicted octanol–water partition coefficient (Wildman–Crippen LogP) is 3.22. The summed E-state index contributed by atoms with van der Waals surface area (Å²) in [7, 11) is 0. The van der Waals surface area contributed by atoms with Crippen LogP contribution in [0.5, 0.6) is 0 Å². The van der Waals surface area contributed by atoms with E-state index in [2.05, 4.69) is 10.3 Å². The third kappa shape index (κ3) is 2.72. The summed E-state index contributed by atoms with van der Waals surface area (Å²) < 4.78 is 0. The molecule has 2 aromatic rings. The standard InChI is InChI=1S/C12H9Cl2N3O/c13-9-4-8(15)5-10(14)11(9)17-12(18)7-2-1-3-16-6-7/h1-6H,15H2,(H,17,18). The first-order valence-electron chi connectivity index (χ1n) is 5.04. The van der Waals surface area contributed by atoms with Crippen LogP contribution in [0.3, 0.4) is 0 Å². The Balaban J connectivity index is 2.28. The molecule has 1 aromatic heterocycles. The van der Waals surface area contributed by atoms with Gasteiger partial charge in [-0.1, -0.05) is 23.2 Å². The van der Waals surface area contributed by atoms with Crippen LogP contribution in [0.25, 0.3) is 0 Å². The van der Waals surface area contributed by atoms with Crippen LogP contribution in [0.15, 0.2) is 36.7 Å². The molecular weight excluding hydrogens is 273 g/mol. The Morgan fingerprint density at radius 2 is 1.94 bits per heavy atom. The first-order valence-corrected chi connectivity index (χ1v) is 5.79. The number of anilines is 2. The number of rotatable bonds is 2. The van der Waals surface area contributed by atoms with Gasteiger partial charge in [0.2, 0.25) is 0 Å². The van der Waals surface area contributed by atoms with Gasteiger partial charge in [0.05, 0.1) is 21.3 Å². The van der Waals surface area contributed by atoms with E-state index in [-0.39, 0.29) is 16.0 Å². The van der Waals surface area contributed by atoms with Gasteiger partial charge >= 0.3 is 0 Å². The van der Waals surface area contributed by atoms with E-state index in [4.69, 9.17) is 28.9 Å². The van der Waals surface area contributed by atoms with Crippen molar-refractivity contribution in [3.8, 4) is 0 Å². The van der Waals surface area contributed by atoms with E-state index < -0.39 is 0 Å². The van der Waals surface area contributed by atoms with Crippen molar-refractivity contribution in [3.63, 3.8) is 0 Å². The number of hydrogen-bond donors (Lipinski definition) is 2. The largest absolute Gasteiger partial charge is 0.399 e. The summed E-state index contributed by atoms with van der Waals surface area (Å²) in [5, 5.41) is 3.20. The molecule has 1 aromatic carbocycles. The van der Waals surface area contributed by atoms with Gasteiger partial charge in [-0.05, 0) is 24.3 Å². The number of amides is 1. The molecule has 0 aliphatic heterocycles. The number of benzene rings is 1. The quantitative estimate of drug-likeness (QED) is 0.831. The molecule has 0 bridgehead atoms. The average Bonchev–Trinajstić information content (AvgIpc) is 2.34. The topological polar surface area (TPSA) is 68.0 Å². The lowest BCUT2D eigenvalue weighted by Gasteiger charge is -2.09. The molecular formula is C12H9Cl2N3O. The second-order valence-corrected chi connectivity index (χ2v) is 4.37. The second kappa shape index (κ2) is 5.25.